The number of piperidine rings is 1. The Morgan fingerprint density at radius 3 is 2.85 bits per heavy atom. The molecule has 0 saturated carbocycles. The molecule has 5 rings (SSSR count). The Labute approximate surface area is 158 Å². The van der Waals surface area contributed by atoms with Gasteiger partial charge in [0.05, 0.1) is 0 Å². The number of aromatic nitrogens is 3. The summed E-state index contributed by atoms with van der Waals surface area (Å²) in [6, 6.07) is 3.57. The SMILES string of the molecule is Oc1cc2c(cc1CN1CCC[C@H](c3nnc4n3CCCCC4)C1)OCO2. The van der Waals surface area contributed by atoms with Crippen molar-refractivity contribution in [2.24, 2.45) is 0 Å². The number of fused-ring (bicyclic) bond motifs is 2. The smallest absolute Gasteiger partial charge is 0.231 e. The van der Waals surface area contributed by atoms with Crippen LogP contribution >= 0.6 is 0 Å². The zero-order valence-electron chi connectivity index (χ0n) is 15.6. The second-order valence-electron chi connectivity index (χ2n) is 7.85. The molecule has 1 aromatic carbocycles. The molecular formula is C20H26N4O3. The highest BCUT2D eigenvalue weighted by Crippen LogP contribution is 2.38. The monoisotopic (exact) mass is 370 g/mol. The van der Waals surface area contributed by atoms with E-state index >= 15 is 0 Å². The number of phenolic OH excluding ortho intramolecular Hbond substituents is 1. The van der Waals surface area contributed by atoms with Crippen LogP contribution in [0.25, 0.3) is 0 Å². The first-order chi connectivity index (χ1) is 13.3. The fourth-order valence-electron chi connectivity index (χ4n) is 4.56. The molecule has 1 saturated heterocycles. The van der Waals surface area contributed by atoms with Crippen LogP contribution in [0, 0.1) is 0 Å². The number of rotatable bonds is 3. The number of ether oxygens (including phenoxy) is 2. The minimum Gasteiger partial charge on any atom is -0.507 e. The van der Waals surface area contributed by atoms with Crippen molar-refractivity contribution in [1.29, 1.82) is 0 Å². The van der Waals surface area contributed by atoms with E-state index in [2.05, 4.69) is 19.7 Å². The van der Waals surface area contributed by atoms with E-state index in [9.17, 15) is 5.11 Å². The second kappa shape index (κ2) is 7.03. The van der Waals surface area contributed by atoms with Crippen molar-refractivity contribution in [3.05, 3.63) is 29.3 Å². The van der Waals surface area contributed by atoms with Crippen molar-refractivity contribution in [1.82, 2.24) is 19.7 Å². The lowest BCUT2D eigenvalue weighted by Gasteiger charge is -2.32. The van der Waals surface area contributed by atoms with Crippen molar-refractivity contribution in [2.45, 2.75) is 57.5 Å². The molecule has 0 bridgehead atoms. The Morgan fingerprint density at radius 1 is 1.04 bits per heavy atom. The molecule has 0 aliphatic carbocycles. The van der Waals surface area contributed by atoms with Gasteiger partial charge in [-0.2, -0.15) is 0 Å². The van der Waals surface area contributed by atoms with E-state index < -0.39 is 0 Å². The highest BCUT2D eigenvalue weighted by atomic mass is 16.7. The summed E-state index contributed by atoms with van der Waals surface area (Å²) in [6.45, 7) is 3.97. The molecule has 4 heterocycles. The van der Waals surface area contributed by atoms with E-state index in [1.54, 1.807) is 6.07 Å². The number of hydrogen-bond donors (Lipinski definition) is 1. The summed E-state index contributed by atoms with van der Waals surface area (Å²) in [5.41, 5.74) is 0.889. The van der Waals surface area contributed by atoms with Gasteiger partial charge in [0.25, 0.3) is 0 Å². The maximum Gasteiger partial charge on any atom is 0.231 e. The minimum absolute atomic E-state index is 0.224. The summed E-state index contributed by atoms with van der Waals surface area (Å²) in [4.78, 5) is 2.41. The molecule has 1 aromatic heterocycles. The van der Waals surface area contributed by atoms with Crippen LogP contribution in [0.3, 0.4) is 0 Å². The Kier molecular flexibility index (Phi) is 4.39. The van der Waals surface area contributed by atoms with Gasteiger partial charge < -0.3 is 19.1 Å². The Morgan fingerprint density at radius 2 is 1.93 bits per heavy atom. The molecule has 7 nitrogen and oxygen atoms in total. The van der Waals surface area contributed by atoms with Gasteiger partial charge in [0, 0.05) is 43.6 Å². The van der Waals surface area contributed by atoms with Gasteiger partial charge in [-0.1, -0.05) is 6.42 Å². The number of hydrogen-bond acceptors (Lipinski definition) is 6. The summed E-state index contributed by atoms with van der Waals surface area (Å²) in [7, 11) is 0. The van der Waals surface area contributed by atoms with Crippen LogP contribution in [-0.4, -0.2) is 44.7 Å². The van der Waals surface area contributed by atoms with E-state index in [1.165, 1.54) is 19.3 Å². The molecule has 7 heteroatoms. The molecule has 0 amide bonds. The topological polar surface area (TPSA) is 72.6 Å². The normalized spacial score (nSPS) is 22.4. The van der Waals surface area contributed by atoms with Crippen molar-refractivity contribution in [2.75, 3.05) is 19.9 Å². The predicted molar refractivity (Wildman–Crippen MR) is 99.1 cm³/mol. The van der Waals surface area contributed by atoms with E-state index in [0.717, 1.165) is 61.9 Å². The zero-order chi connectivity index (χ0) is 18.2. The number of aromatic hydroxyl groups is 1. The van der Waals surface area contributed by atoms with E-state index in [1.807, 2.05) is 6.07 Å². The Bertz CT molecular complexity index is 835. The fraction of sp³-hybridized carbons (Fsp3) is 0.600. The summed E-state index contributed by atoms with van der Waals surface area (Å²) in [6.07, 6.45) is 7.06. The largest absolute Gasteiger partial charge is 0.507 e. The molecule has 0 unspecified atom stereocenters. The highest BCUT2D eigenvalue weighted by molar-refractivity contribution is 5.51. The maximum atomic E-state index is 10.4. The van der Waals surface area contributed by atoms with E-state index in [0.29, 0.717) is 18.2 Å². The van der Waals surface area contributed by atoms with Crippen LogP contribution in [0.5, 0.6) is 17.2 Å². The average Bonchev–Trinajstić information content (AvgIpc) is 3.22. The van der Waals surface area contributed by atoms with Crippen LogP contribution in [-0.2, 0) is 19.5 Å². The van der Waals surface area contributed by atoms with Gasteiger partial charge in [0.1, 0.15) is 17.4 Å². The van der Waals surface area contributed by atoms with Gasteiger partial charge in [-0.15, -0.1) is 10.2 Å². The lowest BCUT2D eigenvalue weighted by Crippen LogP contribution is -2.35. The molecule has 3 aliphatic rings. The molecule has 1 fully saturated rings. The van der Waals surface area contributed by atoms with Gasteiger partial charge in [0.2, 0.25) is 6.79 Å². The summed E-state index contributed by atoms with van der Waals surface area (Å²) < 4.78 is 13.2. The number of phenols is 1. The van der Waals surface area contributed by atoms with E-state index in [-0.39, 0.29) is 12.5 Å². The zero-order valence-corrected chi connectivity index (χ0v) is 15.6. The van der Waals surface area contributed by atoms with Crippen LogP contribution in [0.1, 0.15) is 55.2 Å². The lowest BCUT2D eigenvalue weighted by molar-refractivity contribution is 0.173. The standard InChI is InChI=1S/C20H26N4O3/c25-16-10-18-17(26-13-27-18)9-15(16)12-23-7-4-5-14(11-23)20-22-21-19-6-2-1-3-8-24(19)20/h9-10,14,25H,1-8,11-13H2/t14-/m0/s1. The third-order valence-corrected chi connectivity index (χ3v) is 5.98. The average molecular weight is 370 g/mol. The number of likely N-dealkylation sites (tertiary alicyclic amines) is 1. The first-order valence-corrected chi connectivity index (χ1v) is 10.0. The second-order valence-corrected chi connectivity index (χ2v) is 7.85. The molecular weight excluding hydrogens is 344 g/mol. The third kappa shape index (κ3) is 3.25. The molecule has 2 aromatic rings. The first kappa shape index (κ1) is 16.9. The summed E-state index contributed by atoms with van der Waals surface area (Å²) in [5, 5.41) is 19.4. The van der Waals surface area contributed by atoms with Crippen LogP contribution < -0.4 is 9.47 Å². The van der Waals surface area contributed by atoms with Crippen molar-refractivity contribution >= 4 is 0 Å². The predicted octanol–water partition coefficient (Wildman–Crippen LogP) is 2.82. The van der Waals surface area contributed by atoms with E-state index in [4.69, 9.17) is 9.47 Å². The molecule has 27 heavy (non-hydrogen) atoms. The van der Waals surface area contributed by atoms with Crippen molar-refractivity contribution in [3.8, 4) is 17.2 Å². The fourth-order valence-corrected chi connectivity index (χ4v) is 4.56. The van der Waals surface area contributed by atoms with Crippen LogP contribution in [0.4, 0.5) is 0 Å². The molecule has 3 aliphatic heterocycles. The molecule has 1 N–H and O–H groups in total. The number of benzene rings is 1. The number of aryl methyl sites for hydroxylation is 1. The summed E-state index contributed by atoms with van der Waals surface area (Å²) in [5.74, 6) is 4.35. The molecule has 0 radical (unpaired) electrons. The number of nitrogens with zero attached hydrogens (tertiary/aromatic N) is 4. The van der Waals surface area contributed by atoms with Crippen LogP contribution in [0.2, 0.25) is 0 Å². The van der Waals surface area contributed by atoms with Crippen LogP contribution in [0.15, 0.2) is 12.1 Å². The van der Waals surface area contributed by atoms with Gasteiger partial charge in [-0.05, 0) is 38.3 Å². The van der Waals surface area contributed by atoms with Gasteiger partial charge in [-0.3, -0.25) is 4.90 Å². The lowest BCUT2D eigenvalue weighted by atomic mass is 9.96. The minimum atomic E-state index is 0.224. The van der Waals surface area contributed by atoms with Gasteiger partial charge >= 0.3 is 0 Å². The summed E-state index contributed by atoms with van der Waals surface area (Å²) >= 11 is 0. The molecule has 1 atom stereocenters. The third-order valence-electron chi connectivity index (χ3n) is 5.98. The maximum absolute atomic E-state index is 10.4. The molecule has 0 spiro atoms. The Balaban J connectivity index is 1.33. The first-order valence-electron chi connectivity index (χ1n) is 10.0. The van der Waals surface area contributed by atoms with Crippen molar-refractivity contribution in [3.63, 3.8) is 0 Å². The molecule has 144 valence electrons. The van der Waals surface area contributed by atoms with Gasteiger partial charge in [-0.25, -0.2) is 0 Å². The highest BCUT2D eigenvalue weighted by Gasteiger charge is 2.28. The van der Waals surface area contributed by atoms with Gasteiger partial charge in [0.15, 0.2) is 11.5 Å². The van der Waals surface area contributed by atoms with Crippen molar-refractivity contribution < 1.29 is 14.6 Å². The Hall–Kier alpha value is -2.28. The quantitative estimate of drug-likeness (QED) is 0.896.